The summed E-state index contributed by atoms with van der Waals surface area (Å²) < 4.78 is 1.02. The molecule has 2 N–H and O–H groups in total. The summed E-state index contributed by atoms with van der Waals surface area (Å²) in [4.78, 5) is 38.0. The predicted octanol–water partition coefficient (Wildman–Crippen LogP) is 1.56. The standard InChI is InChI=1S/C12H8N2O4S2/c15-10-7-4-19-5-8(7)13-12(18)14(10)3-6-1-2-20-9(6)11(16)17/h1-2,4-5H,3H2,(H,13,18)(H,16,17). The van der Waals surface area contributed by atoms with Crippen LogP contribution in [0.3, 0.4) is 0 Å². The van der Waals surface area contributed by atoms with Crippen molar-refractivity contribution in [1.82, 2.24) is 9.55 Å². The Labute approximate surface area is 119 Å². The van der Waals surface area contributed by atoms with E-state index in [2.05, 4.69) is 4.98 Å². The molecule has 0 amide bonds. The van der Waals surface area contributed by atoms with E-state index in [9.17, 15) is 14.4 Å². The second-order valence-electron chi connectivity index (χ2n) is 4.10. The highest BCUT2D eigenvalue weighted by Gasteiger charge is 2.15. The zero-order chi connectivity index (χ0) is 14.3. The van der Waals surface area contributed by atoms with Crippen LogP contribution in [0.2, 0.25) is 0 Å². The first kappa shape index (κ1) is 12.8. The minimum Gasteiger partial charge on any atom is -0.477 e. The Kier molecular flexibility index (Phi) is 3.03. The third-order valence-corrected chi connectivity index (χ3v) is 4.58. The molecular weight excluding hydrogens is 300 g/mol. The summed E-state index contributed by atoms with van der Waals surface area (Å²) in [7, 11) is 0. The molecule has 0 aliphatic carbocycles. The number of hydrogen-bond donors (Lipinski definition) is 2. The highest BCUT2D eigenvalue weighted by molar-refractivity contribution is 7.12. The van der Waals surface area contributed by atoms with E-state index in [1.165, 1.54) is 11.3 Å². The average molecular weight is 308 g/mol. The lowest BCUT2D eigenvalue weighted by Crippen LogP contribution is -2.35. The minimum atomic E-state index is -1.06. The van der Waals surface area contributed by atoms with Crippen molar-refractivity contribution in [2.45, 2.75) is 6.54 Å². The Morgan fingerprint density at radius 3 is 2.90 bits per heavy atom. The summed E-state index contributed by atoms with van der Waals surface area (Å²) in [6, 6.07) is 1.61. The van der Waals surface area contributed by atoms with E-state index in [4.69, 9.17) is 5.11 Å². The summed E-state index contributed by atoms with van der Waals surface area (Å²) in [6.45, 7) is -0.0505. The maximum Gasteiger partial charge on any atom is 0.346 e. The fourth-order valence-electron chi connectivity index (χ4n) is 1.94. The molecule has 0 saturated carbocycles. The van der Waals surface area contributed by atoms with E-state index in [0.717, 1.165) is 15.9 Å². The van der Waals surface area contributed by atoms with Crippen LogP contribution in [0.15, 0.2) is 31.8 Å². The van der Waals surface area contributed by atoms with Crippen molar-refractivity contribution in [3.63, 3.8) is 0 Å². The number of aromatic amines is 1. The molecule has 0 fully saturated rings. The molecule has 6 nitrogen and oxygen atoms in total. The van der Waals surface area contributed by atoms with Gasteiger partial charge >= 0.3 is 11.7 Å². The highest BCUT2D eigenvalue weighted by atomic mass is 32.1. The molecule has 3 aromatic heterocycles. The Bertz CT molecular complexity index is 915. The van der Waals surface area contributed by atoms with Crippen molar-refractivity contribution >= 4 is 39.5 Å². The van der Waals surface area contributed by atoms with E-state index in [1.54, 1.807) is 22.2 Å². The van der Waals surface area contributed by atoms with Gasteiger partial charge in [-0.2, -0.15) is 0 Å². The second-order valence-corrected chi connectivity index (χ2v) is 5.76. The van der Waals surface area contributed by atoms with Crippen LogP contribution in [0.1, 0.15) is 15.2 Å². The van der Waals surface area contributed by atoms with E-state index >= 15 is 0 Å². The number of fused-ring (bicyclic) bond motifs is 1. The third-order valence-electron chi connectivity index (χ3n) is 2.89. The fraction of sp³-hybridized carbons (Fsp3) is 0.0833. The van der Waals surface area contributed by atoms with Gasteiger partial charge in [-0.05, 0) is 17.0 Å². The van der Waals surface area contributed by atoms with Crippen molar-refractivity contribution in [3.8, 4) is 0 Å². The van der Waals surface area contributed by atoms with Gasteiger partial charge in [0.15, 0.2) is 0 Å². The largest absolute Gasteiger partial charge is 0.477 e. The maximum atomic E-state index is 12.2. The van der Waals surface area contributed by atoms with Crippen LogP contribution in [0.4, 0.5) is 0 Å². The molecule has 0 unspecified atom stereocenters. The normalized spacial score (nSPS) is 11.0. The monoisotopic (exact) mass is 308 g/mol. The van der Waals surface area contributed by atoms with E-state index in [1.807, 2.05) is 0 Å². The first-order chi connectivity index (χ1) is 9.58. The molecule has 0 bridgehead atoms. The molecule has 0 spiro atoms. The third kappa shape index (κ3) is 1.98. The van der Waals surface area contributed by atoms with Crippen molar-refractivity contribution in [2.75, 3.05) is 0 Å². The molecule has 3 heterocycles. The van der Waals surface area contributed by atoms with Gasteiger partial charge in [0.2, 0.25) is 0 Å². The number of thiophene rings is 2. The molecule has 0 aliphatic heterocycles. The summed E-state index contributed by atoms with van der Waals surface area (Å²) in [5.41, 5.74) is 0.00526. The summed E-state index contributed by atoms with van der Waals surface area (Å²) in [5, 5.41) is 14.5. The number of hydrogen-bond acceptors (Lipinski definition) is 5. The number of nitrogens with zero attached hydrogens (tertiary/aromatic N) is 1. The summed E-state index contributed by atoms with van der Waals surface area (Å²) >= 11 is 2.39. The van der Waals surface area contributed by atoms with Crippen LogP contribution in [0, 0.1) is 0 Å². The zero-order valence-electron chi connectivity index (χ0n) is 9.95. The van der Waals surface area contributed by atoms with Crippen LogP contribution in [-0.2, 0) is 6.54 Å². The first-order valence-electron chi connectivity index (χ1n) is 5.56. The number of carboxylic acid groups (broad SMARTS) is 1. The number of carboxylic acids is 1. The molecule has 3 rings (SSSR count). The zero-order valence-corrected chi connectivity index (χ0v) is 11.6. The van der Waals surface area contributed by atoms with Gasteiger partial charge in [-0.3, -0.25) is 9.36 Å². The quantitative estimate of drug-likeness (QED) is 0.768. The van der Waals surface area contributed by atoms with Gasteiger partial charge in [0.25, 0.3) is 5.56 Å². The van der Waals surface area contributed by atoms with E-state index in [-0.39, 0.29) is 11.4 Å². The molecule has 0 aliphatic rings. The number of H-pyrrole nitrogens is 1. The topological polar surface area (TPSA) is 92.2 Å². The predicted molar refractivity (Wildman–Crippen MR) is 77.1 cm³/mol. The lowest BCUT2D eigenvalue weighted by Gasteiger charge is -2.04. The van der Waals surface area contributed by atoms with Crippen LogP contribution < -0.4 is 11.2 Å². The summed E-state index contributed by atoms with van der Waals surface area (Å²) in [5.74, 6) is -1.06. The SMILES string of the molecule is O=C(O)c1sccc1Cn1c(=O)[nH]c2cscc2c1=O. The number of carbonyl (C=O) groups is 1. The minimum absolute atomic E-state index is 0.0505. The highest BCUT2D eigenvalue weighted by Crippen LogP contribution is 2.17. The van der Waals surface area contributed by atoms with Crippen LogP contribution in [0.25, 0.3) is 10.9 Å². The molecule has 0 aromatic carbocycles. The number of nitrogens with one attached hydrogen (secondary N) is 1. The number of rotatable bonds is 3. The Morgan fingerprint density at radius 1 is 1.35 bits per heavy atom. The van der Waals surface area contributed by atoms with Crippen LogP contribution >= 0.6 is 22.7 Å². The van der Waals surface area contributed by atoms with Gasteiger partial charge in [0, 0.05) is 10.8 Å². The molecule has 0 radical (unpaired) electrons. The van der Waals surface area contributed by atoms with Crippen molar-refractivity contribution in [1.29, 1.82) is 0 Å². The fourth-order valence-corrected chi connectivity index (χ4v) is 3.45. The lowest BCUT2D eigenvalue weighted by molar-refractivity contribution is 0.0701. The van der Waals surface area contributed by atoms with Gasteiger partial charge in [-0.1, -0.05) is 0 Å². The molecular formula is C12H8N2O4S2. The van der Waals surface area contributed by atoms with Gasteiger partial charge in [-0.25, -0.2) is 9.59 Å². The Balaban J connectivity index is 2.15. The van der Waals surface area contributed by atoms with Crippen molar-refractivity contribution in [3.05, 3.63) is 53.5 Å². The first-order valence-corrected chi connectivity index (χ1v) is 7.39. The maximum absolute atomic E-state index is 12.2. The van der Waals surface area contributed by atoms with Crippen LogP contribution in [-0.4, -0.2) is 20.6 Å². The number of aromatic carboxylic acids is 1. The Hall–Kier alpha value is -2.19. The number of aromatic nitrogens is 2. The van der Waals surface area contributed by atoms with Crippen LogP contribution in [0.5, 0.6) is 0 Å². The summed E-state index contributed by atoms with van der Waals surface area (Å²) in [6.07, 6.45) is 0. The average Bonchev–Trinajstić information content (AvgIpc) is 3.02. The van der Waals surface area contributed by atoms with Crippen molar-refractivity contribution < 1.29 is 9.90 Å². The lowest BCUT2D eigenvalue weighted by atomic mass is 10.2. The second kappa shape index (κ2) is 4.73. The van der Waals surface area contributed by atoms with Gasteiger partial charge in [-0.15, -0.1) is 22.7 Å². The van der Waals surface area contributed by atoms with E-state index in [0.29, 0.717) is 16.5 Å². The Morgan fingerprint density at radius 2 is 2.15 bits per heavy atom. The van der Waals surface area contributed by atoms with Crippen molar-refractivity contribution in [2.24, 2.45) is 0 Å². The van der Waals surface area contributed by atoms with E-state index < -0.39 is 17.2 Å². The van der Waals surface area contributed by atoms with Gasteiger partial charge in [0.05, 0.1) is 17.4 Å². The van der Waals surface area contributed by atoms with Gasteiger partial charge in [0.1, 0.15) is 4.88 Å². The molecule has 102 valence electrons. The molecule has 8 heteroatoms. The smallest absolute Gasteiger partial charge is 0.346 e. The van der Waals surface area contributed by atoms with Gasteiger partial charge < -0.3 is 10.1 Å². The molecule has 20 heavy (non-hydrogen) atoms. The molecule has 0 atom stereocenters. The molecule has 0 saturated heterocycles. The molecule has 3 aromatic rings.